The Kier molecular flexibility index (Phi) is 3.27. The van der Waals surface area contributed by atoms with E-state index in [1.54, 1.807) is 12.1 Å². The summed E-state index contributed by atoms with van der Waals surface area (Å²) in [5.74, 6) is -0.186. The maximum atomic E-state index is 10.8. The smallest absolute Gasteiger partial charge is 0.423 e. The molecule has 0 aliphatic rings. The summed E-state index contributed by atoms with van der Waals surface area (Å²) in [4.78, 5) is 10.8. The molecule has 0 aromatic heterocycles. The van der Waals surface area contributed by atoms with Crippen LogP contribution in [-0.4, -0.2) is 23.1 Å². The number of nitrogens with one attached hydrogen (secondary N) is 1. The Morgan fingerprint density at radius 3 is 2.50 bits per heavy atom. The zero-order valence-corrected chi connectivity index (χ0v) is 8.11. The summed E-state index contributed by atoms with van der Waals surface area (Å²) in [5, 5.41) is 20.5. The average Bonchev–Trinajstić information content (AvgIpc) is 2.01. The highest BCUT2D eigenvalue weighted by molar-refractivity contribution is 6.58. The molecular formula is C9H12BNO3. The third-order valence-corrected chi connectivity index (χ3v) is 1.72. The van der Waals surface area contributed by atoms with E-state index in [1.165, 1.54) is 13.0 Å². The van der Waals surface area contributed by atoms with Crippen molar-refractivity contribution in [3.05, 3.63) is 23.8 Å². The van der Waals surface area contributed by atoms with Gasteiger partial charge in [0.15, 0.2) is 0 Å². The molecule has 0 spiro atoms. The fraction of sp³-hybridized carbons (Fsp3) is 0.222. The van der Waals surface area contributed by atoms with E-state index in [9.17, 15) is 4.79 Å². The maximum Gasteiger partial charge on any atom is 0.488 e. The number of anilines is 1. The first kappa shape index (κ1) is 10.8. The van der Waals surface area contributed by atoms with Gasteiger partial charge >= 0.3 is 7.12 Å². The first-order valence-corrected chi connectivity index (χ1v) is 4.24. The van der Waals surface area contributed by atoms with Crippen molar-refractivity contribution < 1.29 is 14.8 Å². The number of hydrogen-bond donors (Lipinski definition) is 3. The van der Waals surface area contributed by atoms with E-state index in [1.807, 2.05) is 6.92 Å². The van der Waals surface area contributed by atoms with Crippen LogP contribution in [0.3, 0.4) is 0 Å². The summed E-state index contributed by atoms with van der Waals surface area (Å²) in [6, 6.07) is 4.93. The lowest BCUT2D eigenvalue weighted by Gasteiger charge is -2.06. The van der Waals surface area contributed by atoms with Crippen molar-refractivity contribution >= 4 is 24.2 Å². The van der Waals surface area contributed by atoms with Gasteiger partial charge in [0, 0.05) is 12.6 Å². The molecule has 0 fully saturated rings. The van der Waals surface area contributed by atoms with Crippen LogP contribution in [0.4, 0.5) is 5.69 Å². The minimum atomic E-state index is -1.51. The number of carbonyl (C=O) groups is 1. The van der Waals surface area contributed by atoms with Gasteiger partial charge in [-0.15, -0.1) is 0 Å². The third-order valence-electron chi connectivity index (χ3n) is 1.72. The van der Waals surface area contributed by atoms with Gasteiger partial charge in [-0.05, 0) is 30.1 Å². The average molecular weight is 193 g/mol. The fourth-order valence-corrected chi connectivity index (χ4v) is 1.24. The zero-order valence-electron chi connectivity index (χ0n) is 8.11. The first-order valence-electron chi connectivity index (χ1n) is 4.24. The van der Waals surface area contributed by atoms with Crippen LogP contribution in [0, 0.1) is 6.92 Å². The van der Waals surface area contributed by atoms with Crippen LogP contribution in [-0.2, 0) is 4.79 Å². The second-order valence-electron chi connectivity index (χ2n) is 3.19. The number of hydrogen-bond acceptors (Lipinski definition) is 3. The minimum absolute atomic E-state index is 0.186. The van der Waals surface area contributed by atoms with E-state index in [2.05, 4.69) is 5.32 Å². The molecule has 14 heavy (non-hydrogen) atoms. The van der Waals surface area contributed by atoms with Crippen molar-refractivity contribution in [1.82, 2.24) is 0 Å². The normalized spacial score (nSPS) is 9.71. The quantitative estimate of drug-likeness (QED) is 0.561. The number of aryl methyl sites for hydroxylation is 1. The Balaban J connectivity index is 3.01. The molecule has 3 N–H and O–H groups in total. The molecule has 0 aliphatic heterocycles. The van der Waals surface area contributed by atoms with Gasteiger partial charge in [-0.2, -0.15) is 0 Å². The Morgan fingerprint density at radius 1 is 1.36 bits per heavy atom. The highest BCUT2D eigenvalue weighted by Crippen LogP contribution is 2.08. The largest absolute Gasteiger partial charge is 0.488 e. The van der Waals surface area contributed by atoms with Gasteiger partial charge in [-0.3, -0.25) is 4.79 Å². The van der Waals surface area contributed by atoms with Gasteiger partial charge in [-0.25, -0.2) is 0 Å². The molecule has 1 amide bonds. The molecule has 0 bridgehead atoms. The van der Waals surface area contributed by atoms with Crippen LogP contribution in [0.25, 0.3) is 0 Å². The predicted molar refractivity (Wildman–Crippen MR) is 55.3 cm³/mol. The number of amides is 1. The second kappa shape index (κ2) is 4.26. The standard InChI is InChI=1S/C9H12BNO3/c1-6-3-8(10(13)14)5-9(4-6)11-7(2)12/h3-5,13-14H,1-2H3,(H,11,12). The fourth-order valence-electron chi connectivity index (χ4n) is 1.24. The Labute approximate surface area is 82.7 Å². The van der Waals surface area contributed by atoms with Crippen LogP contribution >= 0.6 is 0 Å². The van der Waals surface area contributed by atoms with E-state index >= 15 is 0 Å². The van der Waals surface area contributed by atoms with Crippen LogP contribution in [0.5, 0.6) is 0 Å². The maximum absolute atomic E-state index is 10.8. The molecular weight excluding hydrogens is 181 g/mol. The van der Waals surface area contributed by atoms with Crippen molar-refractivity contribution in [2.24, 2.45) is 0 Å². The summed E-state index contributed by atoms with van der Waals surface area (Å²) in [7, 11) is -1.51. The molecule has 1 aromatic rings. The molecule has 4 nitrogen and oxygen atoms in total. The lowest BCUT2D eigenvalue weighted by atomic mass is 9.79. The third kappa shape index (κ3) is 2.87. The topological polar surface area (TPSA) is 69.6 Å². The van der Waals surface area contributed by atoms with Crippen molar-refractivity contribution in [1.29, 1.82) is 0 Å². The Morgan fingerprint density at radius 2 is 2.00 bits per heavy atom. The van der Waals surface area contributed by atoms with Crippen LogP contribution in [0.1, 0.15) is 12.5 Å². The van der Waals surface area contributed by atoms with Gasteiger partial charge in [0.1, 0.15) is 0 Å². The Hall–Kier alpha value is -1.33. The number of benzene rings is 1. The van der Waals surface area contributed by atoms with E-state index in [4.69, 9.17) is 10.0 Å². The summed E-state index contributed by atoms with van der Waals surface area (Å²) < 4.78 is 0. The monoisotopic (exact) mass is 193 g/mol. The van der Waals surface area contributed by atoms with E-state index in [0.717, 1.165) is 5.56 Å². The van der Waals surface area contributed by atoms with Crippen LogP contribution in [0.2, 0.25) is 0 Å². The van der Waals surface area contributed by atoms with Crippen molar-refractivity contribution in [3.63, 3.8) is 0 Å². The van der Waals surface area contributed by atoms with Crippen LogP contribution < -0.4 is 10.8 Å². The summed E-state index contributed by atoms with van der Waals surface area (Å²) in [5.41, 5.74) is 1.80. The van der Waals surface area contributed by atoms with E-state index in [-0.39, 0.29) is 5.91 Å². The first-order chi connectivity index (χ1) is 6.49. The second-order valence-corrected chi connectivity index (χ2v) is 3.19. The molecule has 1 aromatic carbocycles. The van der Waals surface area contributed by atoms with Gasteiger partial charge in [0.25, 0.3) is 0 Å². The van der Waals surface area contributed by atoms with Gasteiger partial charge in [0.2, 0.25) is 5.91 Å². The van der Waals surface area contributed by atoms with Gasteiger partial charge < -0.3 is 15.4 Å². The molecule has 0 aliphatic carbocycles. The molecule has 0 saturated heterocycles. The minimum Gasteiger partial charge on any atom is -0.423 e. The lowest BCUT2D eigenvalue weighted by molar-refractivity contribution is -0.114. The molecule has 0 radical (unpaired) electrons. The van der Waals surface area contributed by atoms with Gasteiger partial charge in [0.05, 0.1) is 0 Å². The van der Waals surface area contributed by atoms with Gasteiger partial charge in [-0.1, -0.05) is 6.07 Å². The summed E-state index contributed by atoms with van der Waals surface area (Å²) in [6.45, 7) is 3.22. The zero-order chi connectivity index (χ0) is 10.7. The predicted octanol–water partition coefficient (Wildman–Crippen LogP) is -0.367. The molecule has 1 rings (SSSR count). The molecule has 0 heterocycles. The van der Waals surface area contributed by atoms with E-state index < -0.39 is 7.12 Å². The van der Waals surface area contributed by atoms with Crippen LogP contribution in [0.15, 0.2) is 18.2 Å². The van der Waals surface area contributed by atoms with E-state index in [0.29, 0.717) is 11.2 Å². The molecule has 0 saturated carbocycles. The highest BCUT2D eigenvalue weighted by atomic mass is 16.4. The Bertz CT molecular complexity index is 352. The highest BCUT2D eigenvalue weighted by Gasteiger charge is 2.12. The molecule has 0 atom stereocenters. The molecule has 0 unspecified atom stereocenters. The molecule has 5 heteroatoms. The lowest BCUT2D eigenvalue weighted by Crippen LogP contribution is -2.30. The van der Waals surface area contributed by atoms with Crippen molar-refractivity contribution in [2.45, 2.75) is 13.8 Å². The van der Waals surface area contributed by atoms with Crippen molar-refractivity contribution in [2.75, 3.05) is 5.32 Å². The number of carbonyl (C=O) groups excluding carboxylic acids is 1. The number of rotatable bonds is 2. The summed E-state index contributed by atoms with van der Waals surface area (Å²) >= 11 is 0. The SMILES string of the molecule is CC(=O)Nc1cc(C)cc(B(O)O)c1. The van der Waals surface area contributed by atoms with Crippen molar-refractivity contribution in [3.8, 4) is 0 Å². The summed E-state index contributed by atoms with van der Waals surface area (Å²) in [6.07, 6.45) is 0. The molecule has 74 valence electrons.